The van der Waals surface area contributed by atoms with E-state index in [9.17, 15) is 18.0 Å². The maximum absolute atomic E-state index is 12.3. The Morgan fingerprint density at radius 2 is 1.88 bits per heavy atom. The molecule has 0 radical (unpaired) electrons. The molecule has 8 heteroatoms. The van der Waals surface area contributed by atoms with Gasteiger partial charge in [0.25, 0.3) is 5.91 Å². The van der Waals surface area contributed by atoms with Crippen molar-refractivity contribution in [2.75, 3.05) is 11.9 Å². The van der Waals surface area contributed by atoms with Gasteiger partial charge >= 0.3 is 5.97 Å². The third kappa shape index (κ3) is 4.09. The summed E-state index contributed by atoms with van der Waals surface area (Å²) in [6, 6.07) is 12.0. The summed E-state index contributed by atoms with van der Waals surface area (Å²) in [7, 11) is -3.84. The molecule has 1 saturated heterocycles. The van der Waals surface area contributed by atoms with E-state index in [2.05, 4.69) is 10.0 Å². The minimum Gasteiger partial charge on any atom is -0.464 e. The Hall–Kier alpha value is -2.71. The lowest BCUT2D eigenvalue weighted by Gasteiger charge is -2.11. The molecule has 2 aromatic rings. The van der Waals surface area contributed by atoms with Crippen molar-refractivity contribution < 1.29 is 22.7 Å². The van der Waals surface area contributed by atoms with Gasteiger partial charge in [-0.1, -0.05) is 17.7 Å². The standard InChI is InChI=1S/C18H18N2O5S/c1-12-3-2-4-13(11-12)17(21)19-14-5-7-15(8-6-14)26(23,24)20-16-9-10-25-18(16)22/h2-8,11,16,20H,9-10H2,1H3,(H,19,21). The molecule has 0 aromatic heterocycles. The number of aryl methyl sites for hydroxylation is 1. The van der Waals surface area contributed by atoms with E-state index in [1.165, 1.54) is 24.3 Å². The topological polar surface area (TPSA) is 102 Å². The van der Waals surface area contributed by atoms with Crippen molar-refractivity contribution in [3.63, 3.8) is 0 Å². The van der Waals surface area contributed by atoms with Crippen LogP contribution >= 0.6 is 0 Å². The molecule has 136 valence electrons. The molecule has 2 N–H and O–H groups in total. The lowest BCUT2D eigenvalue weighted by atomic mass is 10.1. The third-order valence-corrected chi connectivity index (χ3v) is 5.42. The summed E-state index contributed by atoms with van der Waals surface area (Å²) < 4.78 is 31.7. The molecule has 0 bridgehead atoms. The maximum atomic E-state index is 12.3. The van der Waals surface area contributed by atoms with E-state index in [0.717, 1.165) is 5.56 Å². The summed E-state index contributed by atoms with van der Waals surface area (Å²) >= 11 is 0. The van der Waals surface area contributed by atoms with E-state index in [1.54, 1.807) is 18.2 Å². The highest BCUT2D eigenvalue weighted by Crippen LogP contribution is 2.17. The van der Waals surface area contributed by atoms with Crippen LogP contribution < -0.4 is 10.0 Å². The Labute approximate surface area is 151 Å². The fraction of sp³-hybridized carbons (Fsp3) is 0.222. The normalized spacial score (nSPS) is 17.0. The van der Waals surface area contributed by atoms with Gasteiger partial charge in [-0.3, -0.25) is 9.59 Å². The number of benzene rings is 2. The number of amides is 1. The molecule has 1 unspecified atom stereocenters. The predicted octanol–water partition coefficient (Wildman–Crippen LogP) is 1.84. The molecule has 2 aromatic carbocycles. The number of anilines is 1. The molecule has 1 amide bonds. The SMILES string of the molecule is Cc1cccc(C(=O)Nc2ccc(S(=O)(=O)NC3CCOC3=O)cc2)c1. The zero-order valence-corrected chi connectivity index (χ0v) is 14.9. The molecule has 0 aliphatic carbocycles. The number of carbonyl (C=O) groups excluding carboxylic acids is 2. The lowest BCUT2D eigenvalue weighted by Crippen LogP contribution is -2.37. The van der Waals surface area contributed by atoms with Crippen molar-refractivity contribution in [2.24, 2.45) is 0 Å². The van der Waals surface area contributed by atoms with Crippen LogP contribution in [-0.4, -0.2) is 32.9 Å². The number of hydrogen-bond donors (Lipinski definition) is 2. The van der Waals surface area contributed by atoms with Gasteiger partial charge in [0.15, 0.2) is 0 Å². The summed E-state index contributed by atoms with van der Waals surface area (Å²) in [6.45, 7) is 2.10. The highest BCUT2D eigenvalue weighted by molar-refractivity contribution is 7.89. The van der Waals surface area contributed by atoms with Gasteiger partial charge in [-0.25, -0.2) is 8.42 Å². The molecule has 1 atom stereocenters. The van der Waals surface area contributed by atoms with Gasteiger partial charge in [-0.2, -0.15) is 4.72 Å². The number of esters is 1. The van der Waals surface area contributed by atoms with Crippen LogP contribution in [0.15, 0.2) is 53.4 Å². The van der Waals surface area contributed by atoms with Crippen LogP contribution in [0.4, 0.5) is 5.69 Å². The number of ether oxygens (including phenoxy) is 1. The van der Waals surface area contributed by atoms with E-state index >= 15 is 0 Å². The average molecular weight is 374 g/mol. The monoisotopic (exact) mass is 374 g/mol. The van der Waals surface area contributed by atoms with Crippen LogP contribution in [0.3, 0.4) is 0 Å². The predicted molar refractivity (Wildman–Crippen MR) is 95.3 cm³/mol. The molecular formula is C18H18N2O5S. The zero-order valence-electron chi connectivity index (χ0n) is 14.1. The molecule has 3 rings (SSSR count). The van der Waals surface area contributed by atoms with E-state index in [0.29, 0.717) is 17.7 Å². The minimum atomic E-state index is -3.84. The summed E-state index contributed by atoms with van der Waals surface area (Å²) in [5.74, 6) is -0.855. The Morgan fingerprint density at radius 3 is 2.50 bits per heavy atom. The molecule has 7 nitrogen and oxygen atoms in total. The summed E-state index contributed by atoms with van der Waals surface area (Å²) in [6.07, 6.45) is 0.308. The number of cyclic esters (lactones) is 1. The Morgan fingerprint density at radius 1 is 1.15 bits per heavy atom. The summed E-state index contributed by atoms with van der Waals surface area (Å²) in [5, 5.41) is 2.72. The second kappa shape index (κ2) is 7.27. The first-order chi connectivity index (χ1) is 12.3. The van der Waals surface area contributed by atoms with Crippen molar-refractivity contribution in [1.82, 2.24) is 4.72 Å². The van der Waals surface area contributed by atoms with Gasteiger partial charge < -0.3 is 10.1 Å². The van der Waals surface area contributed by atoms with Gasteiger partial charge in [-0.05, 0) is 43.3 Å². The van der Waals surface area contributed by atoms with Gasteiger partial charge in [0, 0.05) is 17.7 Å². The first kappa shape index (κ1) is 18.1. The first-order valence-corrected chi connectivity index (χ1v) is 9.50. The smallest absolute Gasteiger partial charge is 0.324 e. The van der Waals surface area contributed by atoms with Crippen molar-refractivity contribution in [2.45, 2.75) is 24.3 Å². The van der Waals surface area contributed by atoms with Gasteiger partial charge in [0.1, 0.15) is 6.04 Å². The molecule has 1 aliphatic heterocycles. The zero-order chi connectivity index (χ0) is 18.7. The van der Waals surface area contributed by atoms with Crippen LogP contribution in [0.2, 0.25) is 0 Å². The summed E-state index contributed by atoms with van der Waals surface area (Å²) in [5.41, 5.74) is 1.95. The van der Waals surface area contributed by atoms with Crippen LogP contribution in [0.1, 0.15) is 22.3 Å². The van der Waals surface area contributed by atoms with Crippen LogP contribution in [0, 0.1) is 6.92 Å². The first-order valence-electron chi connectivity index (χ1n) is 8.02. The molecule has 0 saturated carbocycles. The van der Waals surface area contributed by atoms with Crippen LogP contribution in [-0.2, 0) is 19.6 Å². The van der Waals surface area contributed by atoms with E-state index in [-0.39, 0.29) is 17.4 Å². The molecule has 1 aliphatic rings. The van der Waals surface area contributed by atoms with Crippen molar-refractivity contribution in [1.29, 1.82) is 0 Å². The number of sulfonamides is 1. The Bertz CT molecular complexity index is 938. The van der Waals surface area contributed by atoms with Crippen molar-refractivity contribution in [3.05, 3.63) is 59.7 Å². The van der Waals surface area contributed by atoms with Crippen LogP contribution in [0.25, 0.3) is 0 Å². The largest absolute Gasteiger partial charge is 0.464 e. The minimum absolute atomic E-state index is 0.00533. The molecule has 0 spiro atoms. The van der Waals surface area contributed by atoms with Gasteiger partial charge in [-0.15, -0.1) is 0 Å². The van der Waals surface area contributed by atoms with Gasteiger partial charge in [0.05, 0.1) is 11.5 Å². The van der Waals surface area contributed by atoms with E-state index < -0.39 is 22.0 Å². The van der Waals surface area contributed by atoms with Crippen molar-refractivity contribution >= 4 is 27.6 Å². The number of nitrogens with one attached hydrogen (secondary N) is 2. The maximum Gasteiger partial charge on any atom is 0.324 e. The Kier molecular flexibility index (Phi) is 5.06. The third-order valence-electron chi connectivity index (χ3n) is 3.94. The fourth-order valence-corrected chi connectivity index (χ4v) is 3.78. The quantitative estimate of drug-likeness (QED) is 0.778. The number of rotatable bonds is 5. The van der Waals surface area contributed by atoms with E-state index in [4.69, 9.17) is 4.74 Å². The Balaban J connectivity index is 1.70. The second-order valence-electron chi connectivity index (χ2n) is 5.98. The van der Waals surface area contributed by atoms with Crippen molar-refractivity contribution in [3.8, 4) is 0 Å². The lowest BCUT2D eigenvalue weighted by molar-refractivity contribution is -0.139. The van der Waals surface area contributed by atoms with Gasteiger partial charge in [0.2, 0.25) is 10.0 Å². The van der Waals surface area contributed by atoms with E-state index in [1.807, 2.05) is 13.0 Å². The molecule has 26 heavy (non-hydrogen) atoms. The molecule has 1 fully saturated rings. The highest BCUT2D eigenvalue weighted by atomic mass is 32.2. The fourth-order valence-electron chi connectivity index (χ4n) is 2.57. The number of carbonyl (C=O) groups is 2. The number of hydrogen-bond acceptors (Lipinski definition) is 5. The molecular weight excluding hydrogens is 356 g/mol. The average Bonchev–Trinajstić information content (AvgIpc) is 2.99. The molecule has 1 heterocycles. The second-order valence-corrected chi connectivity index (χ2v) is 7.69. The van der Waals surface area contributed by atoms with Crippen LogP contribution in [0.5, 0.6) is 0 Å². The highest BCUT2D eigenvalue weighted by Gasteiger charge is 2.31. The summed E-state index contributed by atoms with van der Waals surface area (Å²) in [4.78, 5) is 23.6.